The molecule has 3 rings (SSSR count). The average Bonchev–Trinajstić information content (AvgIpc) is 2.80. The van der Waals surface area contributed by atoms with Crippen LogP contribution in [0.4, 0.5) is 0 Å². The number of esters is 1. The lowest BCUT2D eigenvalue weighted by molar-refractivity contribution is -0.162. The highest BCUT2D eigenvalue weighted by atomic mass is 16.5. The van der Waals surface area contributed by atoms with E-state index < -0.39 is 11.3 Å². The maximum atomic E-state index is 13.6. The molecule has 2 amide bonds. The normalized spacial score (nSPS) is 22.7. The zero-order chi connectivity index (χ0) is 23.0. The van der Waals surface area contributed by atoms with Gasteiger partial charge in [0.25, 0.3) is 0 Å². The van der Waals surface area contributed by atoms with Gasteiger partial charge in [0.1, 0.15) is 5.41 Å². The van der Waals surface area contributed by atoms with E-state index in [1.165, 1.54) is 0 Å². The molecule has 1 aromatic rings. The molecule has 1 aromatic carbocycles. The Morgan fingerprint density at radius 1 is 1.25 bits per heavy atom. The number of methoxy groups -OCH3 is 1. The molecule has 0 saturated carbocycles. The molecule has 2 aliphatic rings. The van der Waals surface area contributed by atoms with E-state index >= 15 is 0 Å². The monoisotopic (exact) mass is 442 g/mol. The molecule has 0 bridgehead atoms. The lowest BCUT2D eigenvalue weighted by Gasteiger charge is -2.48. The zero-order valence-electron chi connectivity index (χ0n) is 19.1. The van der Waals surface area contributed by atoms with Crippen molar-refractivity contribution in [3.63, 3.8) is 0 Å². The van der Waals surface area contributed by atoms with E-state index in [1.54, 1.807) is 18.9 Å². The number of amides is 2. The fourth-order valence-corrected chi connectivity index (χ4v) is 4.78. The minimum absolute atomic E-state index is 0.0611. The number of nitrogens with zero attached hydrogens (tertiary/aromatic N) is 1. The number of hydrogen-bond donors (Lipinski definition) is 1. The Balaban J connectivity index is 1.87. The summed E-state index contributed by atoms with van der Waals surface area (Å²) in [6, 6.07) is 9.73. The van der Waals surface area contributed by atoms with Gasteiger partial charge in [-0.25, -0.2) is 0 Å². The molecule has 2 atom stereocenters. The van der Waals surface area contributed by atoms with Gasteiger partial charge in [0.05, 0.1) is 13.2 Å². The number of carbonyl (C=O) groups is 3. The average molecular weight is 443 g/mol. The Hall–Kier alpha value is -2.67. The Labute approximate surface area is 190 Å². The van der Waals surface area contributed by atoms with Crippen LogP contribution in [0.15, 0.2) is 42.1 Å². The van der Waals surface area contributed by atoms with Gasteiger partial charge in [-0.05, 0) is 44.6 Å². The smallest absolute Gasteiger partial charge is 0.318 e. The molecule has 0 spiro atoms. The van der Waals surface area contributed by atoms with Crippen LogP contribution in [0.1, 0.15) is 51.0 Å². The largest absolute Gasteiger partial charge is 0.465 e. The number of allylic oxidation sites excluding steroid dienone is 1. The molecule has 174 valence electrons. The SMILES string of the molecule is CCOC(=O)[C@]12CCCC=C1N(Cc1ccccc1)C(=O)[C@@H](CC(=O)NCCCOC)C2. The number of likely N-dealkylation sites (tertiary alicyclic amines) is 1. The predicted molar refractivity (Wildman–Crippen MR) is 120 cm³/mol. The van der Waals surface area contributed by atoms with Crippen molar-refractivity contribution in [2.75, 3.05) is 26.9 Å². The first-order valence-electron chi connectivity index (χ1n) is 11.5. The minimum Gasteiger partial charge on any atom is -0.465 e. The summed E-state index contributed by atoms with van der Waals surface area (Å²) >= 11 is 0. The van der Waals surface area contributed by atoms with E-state index in [2.05, 4.69) is 5.32 Å². The Morgan fingerprint density at radius 3 is 2.75 bits per heavy atom. The van der Waals surface area contributed by atoms with Crippen LogP contribution in [0.25, 0.3) is 0 Å². The number of hydrogen-bond acceptors (Lipinski definition) is 5. The molecule has 1 N–H and O–H groups in total. The van der Waals surface area contributed by atoms with Crippen LogP contribution >= 0.6 is 0 Å². The summed E-state index contributed by atoms with van der Waals surface area (Å²) in [6.45, 7) is 3.51. The van der Waals surface area contributed by atoms with Crippen LogP contribution < -0.4 is 5.32 Å². The maximum absolute atomic E-state index is 13.6. The van der Waals surface area contributed by atoms with Gasteiger partial charge in [-0.15, -0.1) is 0 Å². The molecule has 1 fully saturated rings. The standard InChI is InChI=1S/C25H34N2O5/c1-3-32-24(30)25-13-8-7-12-21(25)27(18-19-10-5-4-6-11-19)23(29)20(17-25)16-22(28)26-14-9-15-31-2/h4-6,10-12,20H,3,7-9,13-18H2,1-2H3,(H,26,28)/t20-,25-/m0/s1. The fourth-order valence-electron chi connectivity index (χ4n) is 4.78. The van der Waals surface area contributed by atoms with Crippen LogP contribution in [0.2, 0.25) is 0 Å². The molecule has 1 aliphatic carbocycles. The van der Waals surface area contributed by atoms with Gasteiger partial charge in [0.2, 0.25) is 11.8 Å². The van der Waals surface area contributed by atoms with E-state index in [0.717, 1.165) is 24.1 Å². The number of ether oxygens (including phenoxy) is 2. The molecular weight excluding hydrogens is 408 g/mol. The van der Waals surface area contributed by atoms with Gasteiger partial charge in [-0.1, -0.05) is 36.4 Å². The molecule has 1 heterocycles. The van der Waals surface area contributed by atoms with Crippen molar-refractivity contribution in [3.05, 3.63) is 47.7 Å². The first-order valence-corrected chi connectivity index (χ1v) is 11.5. The van der Waals surface area contributed by atoms with Crippen LogP contribution in [-0.2, 0) is 30.4 Å². The highest BCUT2D eigenvalue weighted by Crippen LogP contribution is 2.50. The summed E-state index contributed by atoms with van der Waals surface area (Å²) in [5.74, 6) is -1.14. The van der Waals surface area contributed by atoms with Crippen molar-refractivity contribution < 1.29 is 23.9 Å². The third-order valence-corrected chi connectivity index (χ3v) is 6.27. The molecule has 1 aliphatic heterocycles. The molecule has 7 nitrogen and oxygen atoms in total. The van der Waals surface area contributed by atoms with E-state index in [1.807, 2.05) is 36.4 Å². The van der Waals surface area contributed by atoms with Crippen LogP contribution in [0.5, 0.6) is 0 Å². The molecule has 1 saturated heterocycles. The van der Waals surface area contributed by atoms with Gasteiger partial charge < -0.3 is 19.7 Å². The lowest BCUT2D eigenvalue weighted by atomic mass is 9.66. The van der Waals surface area contributed by atoms with Gasteiger partial charge in [-0.2, -0.15) is 0 Å². The molecule has 7 heteroatoms. The van der Waals surface area contributed by atoms with Gasteiger partial charge >= 0.3 is 5.97 Å². The van der Waals surface area contributed by atoms with Gasteiger partial charge in [0, 0.05) is 38.3 Å². The van der Waals surface area contributed by atoms with Gasteiger partial charge in [-0.3, -0.25) is 14.4 Å². The van der Waals surface area contributed by atoms with Crippen molar-refractivity contribution in [2.24, 2.45) is 11.3 Å². The Bertz CT molecular complexity index is 838. The van der Waals surface area contributed by atoms with Gasteiger partial charge in [0.15, 0.2) is 0 Å². The topological polar surface area (TPSA) is 84.9 Å². The number of carbonyl (C=O) groups excluding carboxylic acids is 3. The molecule has 32 heavy (non-hydrogen) atoms. The summed E-state index contributed by atoms with van der Waals surface area (Å²) in [5.41, 5.74) is 0.848. The number of piperidine rings is 1. The third-order valence-electron chi connectivity index (χ3n) is 6.27. The lowest BCUT2D eigenvalue weighted by Crippen LogP contribution is -2.54. The zero-order valence-corrected chi connectivity index (χ0v) is 19.1. The van der Waals surface area contributed by atoms with Crippen LogP contribution in [0.3, 0.4) is 0 Å². The summed E-state index contributed by atoms with van der Waals surface area (Å²) in [4.78, 5) is 41.1. The second kappa shape index (κ2) is 11.3. The van der Waals surface area contributed by atoms with E-state index in [-0.39, 0.29) is 30.8 Å². The molecular formula is C25H34N2O5. The molecule has 0 unspecified atom stereocenters. The quantitative estimate of drug-likeness (QED) is 0.444. The maximum Gasteiger partial charge on any atom is 0.318 e. The molecule has 0 aromatic heterocycles. The number of benzene rings is 1. The number of rotatable bonds is 10. The van der Waals surface area contributed by atoms with Crippen LogP contribution in [-0.4, -0.2) is 49.6 Å². The second-order valence-corrected chi connectivity index (χ2v) is 8.50. The van der Waals surface area contributed by atoms with Crippen molar-refractivity contribution >= 4 is 17.8 Å². The summed E-state index contributed by atoms with van der Waals surface area (Å²) in [7, 11) is 1.62. The predicted octanol–water partition coefficient (Wildman–Crippen LogP) is 3.20. The minimum atomic E-state index is -0.877. The molecule has 0 radical (unpaired) electrons. The summed E-state index contributed by atoms with van der Waals surface area (Å²) < 4.78 is 10.5. The first kappa shape index (κ1) is 24.0. The van der Waals surface area contributed by atoms with Crippen molar-refractivity contribution in [1.29, 1.82) is 0 Å². The van der Waals surface area contributed by atoms with Crippen molar-refractivity contribution in [2.45, 2.75) is 52.0 Å². The summed E-state index contributed by atoms with van der Waals surface area (Å²) in [5, 5.41) is 2.87. The number of fused-ring (bicyclic) bond motifs is 1. The first-order chi connectivity index (χ1) is 15.5. The highest BCUT2D eigenvalue weighted by molar-refractivity contribution is 5.92. The Kier molecular flexibility index (Phi) is 8.45. The van der Waals surface area contributed by atoms with E-state index in [9.17, 15) is 14.4 Å². The highest BCUT2D eigenvalue weighted by Gasteiger charge is 2.54. The fraction of sp³-hybridized carbons (Fsp3) is 0.560. The third kappa shape index (κ3) is 5.38. The summed E-state index contributed by atoms with van der Waals surface area (Å²) in [6.07, 6.45) is 5.40. The van der Waals surface area contributed by atoms with Crippen molar-refractivity contribution in [1.82, 2.24) is 10.2 Å². The van der Waals surface area contributed by atoms with E-state index in [4.69, 9.17) is 9.47 Å². The van der Waals surface area contributed by atoms with Crippen LogP contribution in [0, 0.1) is 11.3 Å². The second-order valence-electron chi connectivity index (χ2n) is 8.50. The van der Waals surface area contributed by atoms with E-state index in [0.29, 0.717) is 39.0 Å². The Morgan fingerprint density at radius 2 is 2.03 bits per heavy atom. The van der Waals surface area contributed by atoms with Crippen molar-refractivity contribution in [3.8, 4) is 0 Å². The number of nitrogens with one attached hydrogen (secondary N) is 1.